The molecule has 0 bridgehead atoms. The van der Waals surface area contributed by atoms with E-state index >= 15 is 0 Å². The molecule has 5 nitrogen and oxygen atoms in total. The topological polar surface area (TPSA) is 54.5 Å². The zero-order valence-electron chi connectivity index (χ0n) is 12.3. The van der Waals surface area contributed by atoms with Gasteiger partial charge in [-0.15, -0.1) is 0 Å². The number of carbonyl (C=O) groups excluding carboxylic acids is 1. The summed E-state index contributed by atoms with van der Waals surface area (Å²) in [4.78, 5) is 18.6. The fraction of sp³-hybridized carbons (Fsp3) is 0.600. The molecule has 0 amide bonds. The molecule has 1 aromatic rings. The highest BCUT2D eigenvalue weighted by atomic mass is 16.5. The molecule has 0 saturated carbocycles. The summed E-state index contributed by atoms with van der Waals surface area (Å²) in [7, 11) is 1.87. The molecule has 5 heteroatoms. The van der Waals surface area contributed by atoms with E-state index in [1.54, 1.807) is 0 Å². The van der Waals surface area contributed by atoms with Gasteiger partial charge < -0.3 is 10.1 Å². The molecule has 110 valence electrons. The molecule has 1 saturated heterocycles. The van der Waals surface area contributed by atoms with Crippen molar-refractivity contribution >= 4 is 11.8 Å². The van der Waals surface area contributed by atoms with Crippen molar-refractivity contribution in [2.24, 2.45) is 5.92 Å². The Kier molecular flexibility index (Phi) is 5.35. The number of hydrogen-bond donors (Lipinski definition) is 1. The number of nitrogens with one attached hydrogen (secondary N) is 1. The maximum absolute atomic E-state index is 11.7. The third kappa shape index (κ3) is 3.93. The van der Waals surface area contributed by atoms with Crippen molar-refractivity contribution in [2.75, 3.05) is 32.1 Å². The molecule has 1 N–H and O–H groups in total. The van der Waals surface area contributed by atoms with Gasteiger partial charge in [0, 0.05) is 13.6 Å². The summed E-state index contributed by atoms with van der Waals surface area (Å²) in [5.74, 6) is 0.925. The number of esters is 1. The third-order valence-electron chi connectivity index (χ3n) is 3.66. The van der Waals surface area contributed by atoms with Crippen molar-refractivity contribution in [1.82, 2.24) is 9.88 Å². The molecule has 2 rings (SSSR count). The van der Waals surface area contributed by atoms with Gasteiger partial charge in [-0.05, 0) is 45.0 Å². The van der Waals surface area contributed by atoms with Gasteiger partial charge in [0.1, 0.15) is 5.82 Å². The lowest BCUT2D eigenvalue weighted by molar-refractivity contribution is -0.149. The van der Waals surface area contributed by atoms with Crippen molar-refractivity contribution in [2.45, 2.75) is 26.3 Å². The first kappa shape index (κ1) is 14.8. The third-order valence-corrected chi connectivity index (χ3v) is 3.66. The number of ether oxygens (including phenoxy) is 1. The second kappa shape index (κ2) is 7.24. The molecule has 0 aromatic carbocycles. The van der Waals surface area contributed by atoms with Crippen molar-refractivity contribution in [3.05, 3.63) is 23.9 Å². The molecule has 1 aromatic heterocycles. The van der Waals surface area contributed by atoms with Crippen LogP contribution in [0.25, 0.3) is 0 Å². The van der Waals surface area contributed by atoms with Crippen LogP contribution in [-0.4, -0.2) is 42.6 Å². The Labute approximate surface area is 120 Å². The molecule has 2 heterocycles. The lowest BCUT2D eigenvalue weighted by Gasteiger charge is -2.30. The van der Waals surface area contributed by atoms with Crippen LogP contribution in [0.1, 0.15) is 25.5 Å². The quantitative estimate of drug-likeness (QED) is 0.833. The van der Waals surface area contributed by atoms with Crippen molar-refractivity contribution in [3.63, 3.8) is 0 Å². The highest BCUT2D eigenvalue weighted by Gasteiger charge is 2.25. The van der Waals surface area contributed by atoms with Gasteiger partial charge in [0.15, 0.2) is 0 Å². The smallest absolute Gasteiger partial charge is 0.309 e. The van der Waals surface area contributed by atoms with E-state index in [1.165, 1.54) is 0 Å². The molecule has 1 aliphatic rings. The predicted molar refractivity (Wildman–Crippen MR) is 78.4 cm³/mol. The van der Waals surface area contributed by atoms with E-state index in [4.69, 9.17) is 4.74 Å². The number of likely N-dealkylation sites (tertiary alicyclic amines) is 1. The Balaban J connectivity index is 1.83. The summed E-state index contributed by atoms with van der Waals surface area (Å²) in [6.07, 6.45) is 1.76. The van der Waals surface area contributed by atoms with Crippen molar-refractivity contribution in [1.29, 1.82) is 0 Å². The summed E-state index contributed by atoms with van der Waals surface area (Å²) >= 11 is 0. The fourth-order valence-electron chi connectivity index (χ4n) is 2.52. The molecule has 0 atom stereocenters. The normalized spacial score (nSPS) is 16.9. The zero-order chi connectivity index (χ0) is 14.4. The number of aromatic nitrogens is 1. The first-order valence-corrected chi connectivity index (χ1v) is 7.25. The Morgan fingerprint density at radius 3 is 2.85 bits per heavy atom. The number of rotatable bonds is 5. The molecule has 20 heavy (non-hydrogen) atoms. The second-order valence-electron chi connectivity index (χ2n) is 5.07. The van der Waals surface area contributed by atoms with Crippen LogP contribution in [0.3, 0.4) is 0 Å². The van der Waals surface area contributed by atoms with Crippen molar-refractivity contribution in [3.8, 4) is 0 Å². The number of nitrogens with zero attached hydrogens (tertiary/aromatic N) is 2. The summed E-state index contributed by atoms with van der Waals surface area (Å²) in [5, 5.41) is 3.05. The monoisotopic (exact) mass is 277 g/mol. The van der Waals surface area contributed by atoms with Crippen LogP contribution >= 0.6 is 0 Å². The fourth-order valence-corrected chi connectivity index (χ4v) is 2.52. The number of anilines is 1. The minimum atomic E-state index is -0.0394. The predicted octanol–water partition coefficient (Wildman–Crippen LogP) is 1.90. The van der Waals surface area contributed by atoms with Crippen LogP contribution in [0.15, 0.2) is 18.2 Å². The van der Waals surface area contributed by atoms with Crippen LogP contribution in [0.5, 0.6) is 0 Å². The highest BCUT2D eigenvalue weighted by molar-refractivity contribution is 5.72. The summed E-state index contributed by atoms with van der Waals surface area (Å²) in [6.45, 7) is 5.02. The second-order valence-corrected chi connectivity index (χ2v) is 5.07. The average molecular weight is 277 g/mol. The Morgan fingerprint density at radius 1 is 1.45 bits per heavy atom. The van der Waals surface area contributed by atoms with E-state index in [2.05, 4.69) is 15.2 Å². The van der Waals surface area contributed by atoms with E-state index in [9.17, 15) is 4.79 Å². The Bertz CT molecular complexity index is 442. The van der Waals surface area contributed by atoms with Crippen LogP contribution < -0.4 is 5.32 Å². The van der Waals surface area contributed by atoms with E-state index in [-0.39, 0.29) is 11.9 Å². The van der Waals surface area contributed by atoms with Crippen molar-refractivity contribution < 1.29 is 9.53 Å². The van der Waals surface area contributed by atoms with Gasteiger partial charge in [0.05, 0.1) is 18.2 Å². The van der Waals surface area contributed by atoms with E-state index in [0.29, 0.717) is 6.61 Å². The van der Waals surface area contributed by atoms with Gasteiger partial charge >= 0.3 is 5.97 Å². The van der Waals surface area contributed by atoms with Crippen LogP contribution in [0, 0.1) is 5.92 Å². The molecule has 0 spiro atoms. The summed E-state index contributed by atoms with van der Waals surface area (Å²) in [6, 6.07) is 6.01. The number of piperidine rings is 1. The first-order chi connectivity index (χ1) is 9.72. The first-order valence-electron chi connectivity index (χ1n) is 7.25. The van der Waals surface area contributed by atoms with E-state index in [0.717, 1.165) is 44.0 Å². The van der Waals surface area contributed by atoms with Gasteiger partial charge in [-0.2, -0.15) is 0 Å². The number of pyridine rings is 1. The minimum Gasteiger partial charge on any atom is -0.466 e. The molecule has 1 aliphatic heterocycles. The highest BCUT2D eigenvalue weighted by Crippen LogP contribution is 2.20. The zero-order valence-corrected chi connectivity index (χ0v) is 12.3. The SMILES string of the molecule is CCOC(=O)C1CCN(Cc2cccc(NC)n2)CC1. The Hall–Kier alpha value is -1.62. The maximum Gasteiger partial charge on any atom is 0.309 e. The van der Waals surface area contributed by atoms with Gasteiger partial charge in [0.2, 0.25) is 0 Å². The summed E-state index contributed by atoms with van der Waals surface area (Å²) < 4.78 is 5.09. The molecule has 0 radical (unpaired) electrons. The lowest BCUT2D eigenvalue weighted by atomic mass is 9.97. The Morgan fingerprint density at radius 2 is 2.20 bits per heavy atom. The van der Waals surface area contributed by atoms with E-state index < -0.39 is 0 Å². The number of hydrogen-bond acceptors (Lipinski definition) is 5. The maximum atomic E-state index is 11.7. The number of carbonyl (C=O) groups is 1. The van der Waals surface area contributed by atoms with Crippen LogP contribution in [0.4, 0.5) is 5.82 Å². The van der Waals surface area contributed by atoms with E-state index in [1.807, 2.05) is 32.2 Å². The van der Waals surface area contributed by atoms with Gasteiger partial charge in [-0.3, -0.25) is 9.69 Å². The minimum absolute atomic E-state index is 0.0394. The largest absolute Gasteiger partial charge is 0.466 e. The van der Waals surface area contributed by atoms with Gasteiger partial charge in [-0.25, -0.2) is 4.98 Å². The lowest BCUT2D eigenvalue weighted by Crippen LogP contribution is -2.36. The molecular formula is C15H23N3O2. The average Bonchev–Trinajstić information content (AvgIpc) is 2.48. The molecular weight excluding hydrogens is 254 g/mol. The molecule has 0 aliphatic carbocycles. The van der Waals surface area contributed by atoms with Gasteiger partial charge in [-0.1, -0.05) is 6.07 Å². The van der Waals surface area contributed by atoms with Crippen LogP contribution in [-0.2, 0) is 16.1 Å². The molecule has 1 fully saturated rings. The summed E-state index contributed by atoms with van der Waals surface area (Å²) in [5.41, 5.74) is 1.06. The molecule has 0 unspecified atom stereocenters. The van der Waals surface area contributed by atoms with Crippen LogP contribution in [0.2, 0.25) is 0 Å². The standard InChI is InChI=1S/C15H23N3O2/c1-3-20-15(19)12-7-9-18(10-8-12)11-13-5-4-6-14(16-2)17-13/h4-6,12H,3,7-11H2,1-2H3,(H,16,17). The van der Waals surface area contributed by atoms with Gasteiger partial charge in [0.25, 0.3) is 0 Å².